The first-order chi connectivity index (χ1) is 14.3. The van der Waals surface area contributed by atoms with E-state index in [9.17, 15) is 18.4 Å². The number of benzene rings is 2. The third-order valence-electron chi connectivity index (χ3n) is 6.03. The second-order valence-electron chi connectivity index (χ2n) is 8.73. The van der Waals surface area contributed by atoms with Gasteiger partial charge in [0.25, 0.3) is 0 Å². The summed E-state index contributed by atoms with van der Waals surface area (Å²) in [5.41, 5.74) is 1.59. The Morgan fingerprint density at radius 2 is 1.83 bits per heavy atom. The van der Waals surface area contributed by atoms with E-state index in [1.165, 1.54) is 12.1 Å². The molecule has 6 heteroatoms. The van der Waals surface area contributed by atoms with Gasteiger partial charge in [0.2, 0.25) is 11.8 Å². The van der Waals surface area contributed by atoms with Crippen molar-refractivity contribution in [3.63, 3.8) is 0 Å². The van der Waals surface area contributed by atoms with Crippen LogP contribution in [-0.2, 0) is 9.59 Å². The third-order valence-corrected chi connectivity index (χ3v) is 6.03. The van der Waals surface area contributed by atoms with Crippen molar-refractivity contribution in [1.82, 2.24) is 10.2 Å². The Bertz CT molecular complexity index is 947. The Labute approximate surface area is 175 Å². The minimum Gasteiger partial charge on any atom is -0.346 e. The highest BCUT2D eigenvalue weighted by atomic mass is 19.2. The molecule has 2 amide bonds. The number of piperazine rings is 1. The van der Waals surface area contributed by atoms with Crippen molar-refractivity contribution in [3.8, 4) is 0 Å². The Morgan fingerprint density at radius 1 is 1.10 bits per heavy atom. The number of hydrogen-bond donors (Lipinski definition) is 1. The Kier molecular flexibility index (Phi) is 5.58. The lowest BCUT2D eigenvalue weighted by Gasteiger charge is -2.40. The molecule has 4 rings (SSSR count). The SMILES string of the molecule is CC(C)CC1C(=O)NC(c2ccccc2)CN1C(=O)C1CC1c1ccc(F)c(F)c1. The molecule has 1 aliphatic heterocycles. The van der Waals surface area contributed by atoms with Gasteiger partial charge in [0, 0.05) is 12.5 Å². The van der Waals surface area contributed by atoms with Gasteiger partial charge in [0.1, 0.15) is 6.04 Å². The fourth-order valence-corrected chi connectivity index (χ4v) is 4.37. The normalized spacial score (nSPS) is 25.9. The number of carbonyl (C=O) groups is 2. The van der Waals surface area contributed by atoms with Crippen LogP contribution < -0.4 is 5.32 Å². The zero-order chi connectivity index (χ0) is 21.4. The van der Waals surface area contributed by atoms with Crippen molar-refractivity contribution < 1.29 is 18.4 Å². The van der Waals surface area contributed by atoms with Crippen LogP contribution in [0.3, 0.4) is 0 Å². The van der Waals surface area contributed by atoms with Gasteiger partial charge in [-0.2, -0.15) is 0 Å². The van der Waals surface area contributed by atoms with Gasteiger partial charge in [-0.1, -0.05) is 50.2 Å². The molecule has 4 unspecified atom stereocenters. The molecule has 30 heavy (non-hydrogen) atoms. The van der Waals surface area contributed by atoms with E-state index in [1.54, 1.807) is 4.90 Å². The van der Waals surface area contributed by atoms with E-state index in [-0.39, 0.29) is 35.6 Å². The molecular weight excluding hydrogens is 386 g/mol. The molecule has 0 spiro atoms. The van der Waals surface area contributed by atoms with E-state index in [1.807, 2.05) is 44.2 Å². The van der Waals surface area contributed by atoms with Crippen LogP contribution in [0, 0.1) is 23.5 Å². The van der Waals surface area contributed by atoms with Crippen LogP contribution in [0.25, 0.3) is 0 Å². The van der Waals surface area contributed by atoms with Gasteiger partial charge < -0.3 is 10.2 Å². The molecule has 2 aliphatic rings. The largest absolute Gasteiger partial charge is 0.346 e. The molecule has 4 atom stereocenters. The summed E-state index contributed by atoms with van der Waals surface area (Å²) in [6.45, 7) is 4.47. The van der Waals surface area contributed by atoms with E-state index in [2.05, 4.69) is 5.32 Å². The summed E-state index contributed by atoms with van der Waals surface area (Å²) in [6.07, 6.45) is 1.17. The summed E-state index contributed by atoms with van der Waals surface area (Å²) in [6, 6.07) is 12.7. The van der Waals surface area contributed by atoms with Crippen LogP contribution in [0.15, 0.2) is 48.5 Å². The molecule has 0 radical (unpaired) electrons. The standard InChI is InChI=1S/C24H26F2N2O2/c1-14(2)10-22-23(29)27-21(15-6-4-3-5-7-15)13-28(22)24(30)18-12-17(18)16-8-9-19(25)20(26)11-16/h3-9,11,14,17-18,21-22H,10,12-13H2,1-2H3,(H,27,29). The zero-order valence-electron chi connectivity index (χ0n) is 17.1. The number of carbonyl (C=O) groups excluding carboxylic acids is 2. The van der Waals surface area contributed by atoms with Crippen molar-refractivity contribution in [2.24, 2.45) is 11.8 Å². The molecular formula is C24H26F2N2O2. The predicted octanol–water partition coefficient (Wildman–Crippen LogP) is 4.18. The molecule has 1 saturated carbocycles. The van der Waals surface area contributed by atoms with Crippen LogP contribution in [0.1, 0.15) is 49.8 Å². The third kappa shape index (κ3) is 4.09. The van der Waals surface area contributed by atoms with Gasteiger partial charge in [0.05, 0.1) is 6.04 Å². The second kappa shape index (κ2) is 8.17. The quantitative estimate of drug-likeness (QED) is 0.801. The van der Waals surface area contributed by atoms with Crippen LogP contribution in [-0.4, -0.2) is 29.3 Å². The maximum absolute atomic E-state index is 13.6. The van der Waals surface area contributed by atoms with Crippen molar-refractivity contribution in [3.05, 3.63) is 71.3 Å². The molecule has 158 valence electrons. The lowest BCUT2D eigenvalue weighted by Crippen LogP contribution is -2.59. The van der Waals surface area contributed by atoms with Crippen LogP contribution in [0.4, 0.5) is 8.78 Å². The van der Waals surface area contributed by atoms with Gasteiger partial charge >= 0.3 is 0 Å². The van der Waals surface area contributed by atoms with Crippen molar-refractivity contribution in [2.75, 3.05) is 6.54 Å². The molecule has 0 bridgehead atoms. The molecule has 1 heterocycles. The Morgan fingerprint density at radius 3 is 2.50 bits per heavy atom. The number of amides is 2. The summed E-state index contributed by atoms with van der Waals surface area (Å²) >= 11 is 0. The number of nitrogens with zero attached hydrogens (tertiary/aromatic N) is 1. The lowest BCUT2D eigenvalue weighted by molar-refractivity contribution is -0.146. The number of nitrogens with one attached hydrogen (secondary N) is 1. The van der Waals surface area contributed by atoms with E-state index >= 15 is 0 Å². The highest BCUT2D eigenvalue weighted by Gasteiger charge is 2.49. The summed E-state index contributed by atoms with van der Waals surface area (Å²) in [5.74, 6) is -2.18. The molecule has 1 aliphatic carbocycles. The number of hydrogen-bond acceptors (Lipinski definition) is 2. The predicted molar refractivity (Wildman–Crippen MR) is 109 cm³/mol. The highest BCUT2D eigenvalue weighted by molar-refractivity contribution is 5.91. The number of rotatable bonds is 5. The minimum atomic E-state index is -0.898. The van der Waals surface area contributed by atoms with Crippen molar-refractivity contribution >= 4 is 11.8 Å². The monoisotopic (exact) mass is 412 g/mol. The summed E-state index contributed by atoms with van der Waals surface area (Å²) in [5, 5.41) is 3.06. The minimum absolute atomic E-state index is 0.0776. The topological polar surface area (TPSA) is 49.4 Å². The van der Waals surface area contributed by atoms with Gasteiger partial charge in [-0.25, -0.2) is 8.78 Å². The maximum Gasteiger partial charge on any atom is 0.243 e. The fourth-order valence-electron chi connectivity index (χ4n) is 4.37. The fraction of sp³-hybridized carbons (Fsp3) is 0.417. The van der Waals surface area contributed by atoms with E-state index in [0.29, 0.717) is 24.9 Å². The Hall–Kier alpha value is -2.76. The van der Waals surface area contributed by atoms with Gasteiger partial charge in [-0.3, -0.25) is 9.59 Å². The molecule has 1 saturated heterocycles. The average Bonchev–Trinajstić information content (AvgIpc) is 3.52. The maximum atomic E-state index is 13.6. The molecule has 2 fully saturated rings. The molecule has 0 aromatic heterocycles. The van der Waals surface area contributed by atoms with Crippen LogP contribution >= 0.6 is 0 Å². The van der Waals surface area contributed by atoms with E-state index in [0.717, 1.165) is 11.6 Å². The summed E-state index contributed by atoms with van der Waals surface area (Å²) in [4.78, 5) is 28.0. The van der Waals surface area contributed by atoms with Gasteiger partial charge in [-0.15, -0.1) is 0 Å². The van der Waals surface area contributed by atoms with Crippen molar-refractivity contribution in [1.29, 1.82) is 0 Å². The summed E-state index contributed by atoms with van der Waals surface area (Å²) < 4.78 is 26.9. The summed E-state index contributed by atoms with van der Waals surface area (Å²) in [7, 11) is 0. The van der Waals surface area contributed by atoms with Gasteiger partial charge in [-0.05, 0) is 47.9 Å². The first-order valence-corrected chi connectivity index (χ1v) is 10.5. The van der Waals surface area contributed by atoms with Gasteiger partial charge in [0.15, 0.2) is 11.6 Å². The first-order valence-electron chi connectivity index (χ1n) is 10.5. The van der Waals surface area contributed by atoms with E-state index in [4.69, 9.17) is 0 Å². The highest BCUT2D eigenvalue weighted by Crippen LogP contribution is 2.49. The molecule has 2 aromatic rings. The Balaban J connectivity index is 1.55. The first kappa shape index (κ1) is 20.5. The second-order valence-corrected chi connectivity index (χ2v) is 8.73. The lowest BCUT2D eigenvalue weighted by atomic mass is 9.95. The van der Waals surface area contributed by atoms with Crippen LogP contribution in [0.2, 0.25) is 0 Å². The average molecular weight is 412 g/mol. The molecule has 2 aromatic carbocycles. The molecule has 4 nitrogen and oxygen atoms in total. The van der Waals surface area contributed by atoms with E-state index < -0.39 is 17.7 Å². The molecule has 1 N–H and O–H groups in total. The number of halogens is 2. The van der Waals surface area contributed by atoms with Crippen molar-refractivity contribution in [2.45, 2.75) is 44.7 Å². The zero-order valence-corrected chi connectivity index (χ0v) is 17.1. The van der Waals surface area contributed by atoms with Crippen LogP contribution in [0.5, 0.6) is 0 Å². The smallest absolute Gasteiger partial charge is 0.243 e.